The lowest BCUT2D eigenvalue weighted by Gasteiger charge is -2.12. The van der Waals surface area contributed by atoms with E-state index in [4.69, 9.17) is 21.1 Å². The topological polar surface area (TPSA) is 52.6 Å². The first-order valence-electron chi connectivity index (χ1n) is 9.59. The van der Waals surface area contributed by atoms with E-state index in [1.54, 1.807) is 36.4 Å². The van der Waals surface area contributed by atoms with Crippen molar-refractivity contribution in [2.24, 2.45) is 0 Å². The Morgan fingerprint density at radius 3 is 2.23 bits per heavy atom. The second-order valence-corrected chi connectivity index (χ2v) is 7.60. The van der Waals surface area contributed by atoms with Crippen LogP contribution in [0, 0.1) is 20.8 Å². The molecule has 0 amide bonds. The molecule has 0 saturated heterocycles. The number of Topliss-reactive ketones (excluding diaryl/α,β-unsaturated/α-hetero) is 1. The molecule has 0 atom stereocenters. The zero-order chi connectivity index (χ0) is 21.7. The molecule has 0 aliphatic rings. The molecule has 0 radical (unpaired) electrons. The Morgan fingerprint density at radius 2 is 1.50 bits per heavy atom. The van der Waals surface area contributed by atoms with Gasteiger partial charge in [-0.05, 0) is 73.4 Å². The largest absolute Gasteiger partial charge is 0.488 e. The first-order chi connectivity index (χ1) is 14.3. The fraction of sp³-hybridized carbons (Fsp3) is 0.200. The highest BCUT2D eigenvalue weighted by Gasteiger charge is 2.17. The average molecular weight is 423 g/mol. The van der Waals surface area contributed by atoms with Crippen LogP contribution >= 0.6 is 11.6 Å². The van der Waals surface area contributed by atoms with Gasteiger partial charge in [-0.2, -0.15) is 0 Å². The minimum absolute atomic E-state index is 0.233. The maximum absolute atomic E-state index is 12.6. The van der Waals surface area contributed by atoms with Crippen LogP contribution in [0.15, 0.2) is 60.7 Å². The number of aryl methyl sites for hydroxylation is 3. The van der Waals surface area contributed by atoms with E-state index in [0.717, 1.165) is 22.3 Å². The molecule has 0 unspecified atom stereocenters. The van der Waals surface area contributed by atoms with Crippen LogP contribution in [-0.2, 0) is 11.3 Å². The normalized spacial score (nSPS) is 10.5. The molecule has 0 aliphatic heterocycles. The molecule has 4 nitrogen and oxygen atoms in total. The van der Waals surface area contributed by atoms with Crippen molar-refractivity contribution >= 4 is 23.4 Å². The third-order valence-electron chi connectivity index (χ3n) is 4.89. The molecule has 0 heterocycles. The van der Waals surface area contributed by atoms with Gasteiger partial charge in [0.15, 0.2) is 6.61 Å². The number of halogens is 1. The summed E-state index contributed by atoms with van der Waals surface area (Å²) in [5.41, 5.74) is 4.77. The Bertz CT molecular complexity index is 1070. The van der Waals surface area contributed by atoms with Crippen molar-refractivity contribution in [3.05, 3.63) is 99.1 Å². The van der Waals surface area contributed by atoms with Crippen molar-refractivity contribution in [2.75, 3.05) is 6.61 Å². The molecule has 3 rings (SSSR count). The predicted molar refractivity (Wildman–Crippen MR) is 117 cm³/mol. The van der Waals surface area contributed by atoms with Crippen molar-refractivity contribution in [1.29, 1.82) is 0 Å². The first kappa shape index (κ1) is 21.6. The standard InChI is InChI=1S/C25H23ClO4/c1-16-12-18(3)22(13-17(16)2)23(27)15-30-25(28)21-6-4-5-7-24(21)29-14-19-8-10-20(26)11-9-19/h4-13H,14-15H2,1-3H3. The molecule has 0 aliphatic carbocycles. The fourth-order valence-corrected chi connectivity index (χ4v) is 3.18. The van der Waals surface area contributed by atoms with Gasteiger partial charge in [0.05, 0.1) is 0 Å². The summed E-state index contributed by atoms with van der Waals surface area (Å²) in [4.78, 5) is 25.2. The van der Waals surface area contributed by atoms with Crippen LogP contribution in [0.4, 0.5) is 0 Å². The smallest absolute Gasteiger partial charge is 0.342 e. The summed E-state index contributed by atoms with van der Waals surface area (Å²) < 4.78 is 11.1. The summed E-state index contributed by atoms with van der Waals surface area (Å²) in [5, 5.41) is 0.645. The van der Waals surface area contributed by atoms with Gasteiger partial charge >= 0.3 is 5.97 Å². The van der Waals surface area contributed by atoms with Gasteiger partial charge in [-0.25, -0.2) is 4.79 Å². The van der Waals surface area contributed by atoms with Gasteiger partial charge < -0.3 is 9.47 Å². The van der Waals surface area contributed by atoms with Gasteiger partial charge in [0.25, 0.3) is 0 Å². The molecular weight excluding hydrogens is 400 g/mol. The van der Waals surface area contributed by atoms with E-state index in [0.29, 0.717) is 16.3 Å². The lowest BCUT2D eigenvalue weighted by atomic mass is 9.98. The number of hydrogen-bond acceptors (Lipinski definition) is 4. The zero-order valence-electron chi connectivity index (χ0n) is 17.2. The Balaban J connectivity index is 1.66. The fourth-order valence-electron chi connectivity index (χ4n) is 3.05. The number of esters is 1. The summed E-state index contributed by atoms with van der Waals surface area (Å²) in [6.45, 7) is 5.78. The highest BCUT2D eigenvalue weighted by molar-refractivity contribution is 6.30. The molecule has 30 heavy (non-hydrogen) atoms. The number of hydrogen-bond donors (Lipinski definition) is 0. The Kier molecular flexibility index (Phi) is 6.91. The lowest BCUT2D eigenvalue weighted by molar-refractivity contribution is 0.0470. The monoisotopic (exact) mass is 422 g/mol. The molecule has 3 aromatic carbocycles. The molecule has 0 fully saturated rings. The highest BCUT2D eigenvalue weighted by Crippen LogP contribution is 2.22. The van der Waals surface area contributed by atoms with Crippen molar-refractivity contribution in [1.82, 2.24) is 0 Å². The van der Waals surface area contributed by atoms with Crippen LogP contribution in [0.2, 0.25) is 5.02 Å². The number of ketones is 1. The third kappa shape index (κ3) is 5.28. The van der Waals surface area contributed by atoms with Gasteiger partial charge in [0, 0.05) is 10.6 Å². The molecule has 3 aromatic rings. The molecule has 5 heteroatoms. The minimum Gasteiger partial charge on any atom is -0.488 e. The SMILES string of the molecule is Cc1cc(C)c(C(=O)COC(=O)c2ccccc2OCc2ccc(Cl)cc2)cc1C. The van der Waals surface area contributed by atoms with Crippen LogP contribution < -0.4 is 4.74 Å². The average Bonchev–Trinajstić information content (AvgIpc) is 2.74. The summed E-state index contributed by atoms with van der Waals surface area (Å²) >= 11 is 5.90. The van der Waals surface area contributed by atoms with Crippen molar-refractivity contribution in [2.45, 2.75) is 27.4 Å². The number of benzene rings is 3. The Morgan fingerprint density at radius 1 is 0.833 bits per heavy atom. The Hall–Kier alpha value is -3.11. The maximum Gasteiger partial charge on any atom is 0.342 e. The second kappa shape index (κ2) is 9.59. The molecule has 0 saturated carbocycles. The van der Waals surface area contributed by atoms with E-state index in [2.05, 4.69) is 0 Å². The number of para-hydroxylation sites is 1. The molecule has 154 valence electrons. The lowest BCUT2D eigenvalue weighted by Crippen LogP contribution is -2.16. The number of carbonyl (C=O) groups is 2. The van der Waals surface area contributed by atoms with E-state index in [1.165, 1.54) is 0 Å². The van der Waals surface area contributed by atoms with E-state index < -0.39 is 5.97 Å². The second-order valence-electron chi connectivity index (χ2n) is 7.16. The third-order valence-corrected chi connectivity index (χ3v) is 5.14. The summed E-state index contributed by atoms with van der Waals surface area (Å²) in [6, 6.07) is 17.9. The maximum atomic E-state index is 12.6. The highest BCUT2D eigenvalue weighted by atomic mass is 35.5. The molecule has 0 N–H and O–H groups in total. The van der Waals surface area contributed by atoms with Crippen LogP contribution in [-0.4, -0.2) is 18.4 Å². The minimum atomic E-state index is -0.600. The number of carbonyl (C=O) groups excluding carboxylic acids is 2. The molecule has 0 bridgehead atoms. The van der Waals surface area contributed by atoms with Crippen molar-refractivity contribution in [3.8, 4) is 5.75 Å². The molecule has 0 aromatic heterocycles. The van der Waals surface area contributed by atoms with Crippen LogP contribution in [0.5, 0.6) is 5.75 Å². The van der Waals surface area contributed by atoms with E-state index in [-0.39, 0.29) is 24.6 Å². The van der Waals surface area contributed by atoms with Gasteiger partial charge in [0.2, 0.25) is 5.78 Å². The van der Waals surface area contributed by atoms with Crippen molar-refractivity contribution < 1.29 is 19.1 Å². The van der Waals surface area contributed by atoms with E-state index in [9.17, 15) is 9.59 Å². The van der Waals surface area contributed by atoms with Gasteiger partial charge in [-0.1, -0.05) is 41.9 Å². The molecule has 0 spiro atoms. The van der Waals surface area contributed by atoms with Crippen LogP contribution in [0.25, 0.3) is 0 Å². The predicted octanol–water partition coefficient (Wildman–Crippen LogP) is 5.88. The van der Waals surface area contributed by atoms with Crippen LogP contribution in [0.3, 0.4) is 0 Å². The van der Waals surface area contributed by atoms with E-state index >= 15 is 0 Å². The number of rotatable bonds is 7. The first-order valence-corrected chi connectivity index (χ1v) is 9.97. The quantitative estimate of drug-likeness (QED) is 0.352. The summed E-state index contributed by atoms with van der Waals surface area (Å²) in [7, 11) is 0. The van der Waals surface area contributed by atoms with Gasteiger partial charge in [-0.15, -0.1) is 0 Å². The molecular formula is C25H23ClO4. The zero-order valence-corrected chi connectivity index (χ0v) is 18.0. The summed E-state index contributed by atoms with van der Waals surface area (Å²) in [5.74, 6) is -0.438. The summed E-state index contributed by atoms with van der Waals surface area (Å²) in [6.07, 6.45) is 0. The van der Waals surface area contributed by atoms with Gasteiger partial charge in [-0.3, -0.25) is 4.79 Å². The Labute approximate surface area is 181 Å². The van der Waals surface area contributed by atoms with Crippen molar-refractivity contribution in [3.63, 3.8) is 0 Å². The van der Waals surface area contributed by atoms with Gasteiger partial charge in [0.1, 0.15) is 17.9 Å². The number of ether oxygens (including phenoxy) is 2. The van der Waals surface area contributed by atoms with E-state index in [1.807, 2.05) is 45.0 Å². The van der Waals surface area contributed by atoms with Crippen LogP contribution in [0.1, 0.15) is 43.0 Å².